The summed E-state index contributed by atoms with van der Waals surface area (Å²) < 4.78 is 27.4. The van der Waals surface area contributed by atoms with Crippen LogP contribution in [0.5, 0.6) is 0 Å². The predicted molar refractivity (Wildman–Crippen MR) is 103 cm³/mol. The molecule has 0 aliphatic heterocycles. The highest BCUT2D eigenvalue weighted by molar-refractivity contribution is 5.83. The summed E-state index contributed by atoms with van der Waals surface area (Å²) in [5.74, 6) is -0.569. The molecule has 0 aliphatic carbocycles. The normalized spacial score (nSPS) is 11.6. The van der Waals surface area contributed by atoms with Crippen LogP contribution in [0.15, 0.2) is 48.7 Å². The molecule has 2 aromatic carbocycles. The molecule has 3 aromatic rings. The number of aromatic nitrogens is 1. The van der Waals surface area contributed by atoms with Crippen LogP contribution in [0.2, 0.25) is 0 Å². The summed E-state index contributed by atoms with van der Waals surface area (Å²) in [6, 6.07) is 10.8. The molecule has 0 atom stereocenters. The number of carbonyl (C=O) groups is 1. The van der Waals surface area contributed by atoms with Crippen LogP contribution >= 0.6 is 0 Å². The molecule has 0 radical (unpaired) electrons. The van der Waals surface area contributed by atoms with E-state index >= 15 is 0 Å². The summed E-state index contributed by atoms with van der Waals surface area (Å²) >= 11 is 0. The summed E-state index contributed by atoms with van der Waals surface area (Å²) in [6.07, 6.45) is 2.40. The van der Waals surface area contributed by atoms with Crippen molar-refractivity contribution in [3.8, 4) is 0 Å². The molecule has 6 heteroatoms. The molecule has 2 amide bonds. The number of H-pyrrole nitrogens is 1. The number of carbonyl (C=O) groups excluding carboxylic acids is 1. The van der Waals surface area contributed by atoms with Crippen LogP contribution in [0.3, 0.4) is 0 Å². The third-order valence-corrected chi connectivity index (χ3v) is 4.70. The molecule has 27 heavy (non-hydrogen) atoms. The van der Waals surface area contributed by atoms with E-state index in [0.717, 1.165) is 16.5 Å². The SMILES string of the molecule is CC(C)(CNC(=O)NCCc1c[nH]c2ccc(F)cc12)c1ccccc1F. The van der Waals surface area contributed by atoms with Crippen LogP contribution in [0.25, 0.3) is 10.9 Å². The molecule has 0 spiro atoms. The van der Waals surface area contributed by atoms with Gasteiger partial charge in [0, 0.05) is 35.6 Å². The summed E-state index contributed by atoms with van der Waals surface area (Å²) in [7, 11) is 0. The molecule has 1 aromatic heterocycles. The van der Waals surface area contributed by atoms with Gasteiger partial charge in [-0.1, -0.05) is 32.0 Å². The van der Waals surface area contributed by atoms with Crippen molar-refractivity contribution in [2.75, 3.05) is 13.1 Å². The fraction of sp³-hybridized carbons (Fsp3) is 0.286. The highest BCUT2D eigenvalue weighted by Crippen LogP contribution is 2.24. The van der Waals surface area contributed by atoms with Crippen molar-refractivity contribution in [3.05, 3.63) is 71.4 Å². The lowest BCUT2D eigenvalue weighted by Crippen LogP contribution is -2.43. The highest BCUT2D eigenvalue weighted by atomic mass is 19.1. The minimum atomic E-state index is -0.531. The van der Waals surface area contributed by atoms with E-state index in [1.54, 1.807) is 24.3 Å². The monoisotopic (exact) mass is 371 g/mol. The Morgan fingerprint density at radius 1 is 1.11 bits per heavy atom. The lowest BCUT2D eigenvalue weighted by atomic mass is 9.84. The smallest absolute Gasteiger partial charge is 0.314 e. The second kappa shape index (κ2) is 7.78. The first-order valence-electron chi connectivity index (χ1n) is 8.89. The molecule has 3 N–H and O–H groups in total. The Morgan fingerprint density at radius 2 is 1.89 bits per heavy atom. The number of nitrogens with one attached hydrogen (secondary N) is 3. The van der Waals surface area contributed by atoms with Gasteiger partial charge in [-0.3, -0.25) is 0 Å². The maximum atomic E-state index is 14.0. The first kappa shape index (κ1) is 18.9. The van der Waals surface area contributed by atoms with Gasteiger partial charge in [0.2, 0.25) is 0 Å². The van der Waals surface area contributed by atoms with Crippen molar-refractivity contribution in [2.24, 2.45) is 0 Å². The Labute approximate surface area is 157 Å². The zero-order valence-electron chi connectivity index (χ0n) is 15.4. The minimum Gasteiger partial charge on any atom is -0.361 e. The molecule has 0 bridgehead atoms. The van der Waals surface area contributed by atoms with Crippen molar-refractivity contribution < 1.29 is 13.6 Å². The van der Waals surface area contributed by atoms with Crippen LogP contribution in [-0.2, 0) is 11.8 Å². The number of aromatic amines is 1. The van der Waals surface area contributed by atoms with E-state index < -0.39 is 5.41 Å². The van der Waals surface area contributed by atoms with Crippen molar-refractivity contribution in [3.63, 3.8) is 0 Å². The zero-order valence-corrected chi connectivity index (χ0v) is 15.4. The van der Waals surface area contributed by atoms with Gasteiger partial charge >= 0.3 is 6.03 Å². The molecule has 0 saturated heterocycles. The minimum absolute atomic E-state index is 0.281. The number of amides is 2. The maximum absolute atomic E-state index is 14.0. The Morgan fingerprint density at radius 3 is 2.67 bits per heavy atom. The topological polar surface area (TPSA) is 56.9 Å². The van der Waals surface area contributed by atoms with Crippen molar-refractivity contribution in [1.29, 1.82) is 0 Å². The molecule has 4 nitrogen and oxygen atoms in total. The van der Waals surface area contributed by atoms with Crippen molar-refractivity contribution >= 4 is 16.9 Å². The van der Waals surface area contributed by atoms with Crippen LogP contribution in [0, 0.1) is 11.6 Å². The molecule has 0 saturated carbocycles. The van der Waals surface area contributed by atoms with Gasteiger partial charge in [-0.15, -0.1) is 0 Å². The molecule has 0 fully saturated rings. The highest BCUT2D eigenvalue weighted by Gasteiger charge is 2.24. The second-order valence-electron chi connectivity index (χ2n) is 7.23. The van der Waals surface area contributed by atoms with Gasteiger partial charge in [-0.25, -0.2) is 13.6 Å². The molecule has 0 unspecified atom stereocenters. The number of hydrogen-bond acceptors (Lipinski definition) is 1. The number of urea groups is 1. The van der Waals surface area contributed by atoms with Gasteiger partial charge in [-0.2, -0.15) is 0 Å². The van der Waals surface area contributed by atoms with Gasteiger partial charge in [0.1, 0.15) is 11.6 Å². The summed E-state index contributed by atoms with van der Waals surface area (Å²) in [5, 5.41) is 6.40. The van der Waals surface area contributed by atoms with E-state index in [4.69, 9.17) is 0 Å². The quantitative estimate of drug-likeness (QED) is 0.596. The fourth-order valence-corrected chi connectivity index (χ4v) is 3.14. The number of hydrogen-bond donors (Lipinski definition) is 3. The molecule has 1 heterocycles. The lowest BCUT2D eigenvalue weighted by molar-refractivity contribution is 0.238. The number of fused-ring (bicyclic) bond motifs is 1. The van der Waals surface area contributed by atoms with Crippen molar-refractivity contribution in [1.82, 2.24) is 15.6 Å². The van der Waals surface area contributed by atoms with Crippen molar-refractivity contribution in [2.45, 2.75) is 25.7 Å². The molecular formula is C21H23F2N3O. The number of halogens is 2. The Balaban J connectivity index is 1.51. The summed E-state index contributed by atoms with van der Waals surface area (Å²) in [6.45, 7) is 4.48. The van der Waals surface area contributed by atoms with Crippen LogP contribution < -0.4 is 10.6 Å². The molecule has 0 aliphatic rings. The third-order valence-electron chi connectivity index (χ3n) is 4.70. The van der Waals surface area contributed by atoms with Gasteiger partial charge in [0.15, 0.2) is 0 Å². The lowest BCUT2D eigenvalue weighted by Gasteiger charge is -2.26. The van der Waals surface area contributed by atoms with E-state index in [9.17, 15) is 13.6 Å². The average Bonchev–Trinajstić information content (AvgIpc) is 3.02. The van der Waals surface area contributed by atoms with Crippen LogP contribution in [-0.4, -0.2) is 24.1 Å². The van der Waals surface area contributed by atoms with Gasteiger partial charge < -0.3 is 15.6 Å². The molecule has 142 valence electrons. The van der Waals surface area contributed by atoms with Crippen LogP contribution in [0.1, 0.15) is 25.0 Å². The van der Waals surface area contributed by atoms with Gasteiger partial charge in [0.05, 0.1) is 0 Å². The van der Waals surface area contributed by atoms with E-state index in [2.05, 4.69) is 15.6 Å². The van der Waals surface area contributed by atoms with E-state index in [0.29, 0.717) is 25.1 Å². The van der Waals surface area contributed by atoms with Gasteiger partial charge in [0.25, 0.3) is 0 Å². The van der Waals surface area contributed by atoms with E-state index in [1.165, 1.54) is 18.2 Å². The third kappa shape index (κ3) is 4.45. The Bertz CT molecular complexity index is 950. The predicted octanol–water partition coefficient (Wildman–Crippen LogP) is 4.27. The summed E-state index contributed by atoms with van der Waals surface area (Å²) in [4.78, 5) is 15.2. The molecule has 3 rings (SSSR count). The first-order valence-corrected chi connectivity index (χ1v) is 8.89. The largest absolute Gasteiger partial charge is 0.361 e. The first-order chi connectivity index (χ1) is 12.9. The summed E-state index contributed by atoms with van der Waals surface area (Å²) in [5.41, 5.74) is 1.84. The standard InChI is InChI=1S/C21H23F2N3O/c1-21(2,17-5-3-4-6-18(17)23)13-26-20(27)24-10-9-14-12-25-19-8-7-15(22)11-16(14)19/h3-8,11-12,25H,9-10,13H2,1-2H3,(H2,24,26,27). The fourth-order valence-electron chi connectivity index (χ4n) is 3.14. The maximum Gasteiger partial charge on any atom is 0.314 e. The number of benzene rings is 2. The Hall–Kier alpha value is -2.89. The van der Waals surface area contributed by atoms with Crippen LogP contribution in [0.4, 0.5) is 13.6 Å². The van der Waals surface area contributed by atoms with Gasteiger partial charge in [-0.05, 0) is 41.8 Å². The Kier molecular flexibility index (Phi) is 5.44. The zero-order chi connectivity index (χ0) is 19.4. The van der Waals surface area contributed by atoms with E-state index in [-0.39, 0.29) is 17.7 Å². The average molecular weight is 371 g/mol. The second-order valence-corrected chi connectivity index (χ2v) is 7.23. The van der Waals surface area contributed by atoms with E-state index in [1.807, 2.05) is 20.0 Å². The molecular weight excluding hydrogens is 348 g/mol. The number of rotatable bonds is 6.